The molecule has 0 aliphatic heterocycles. The molecule has 1 fully saturated rings. The Balaban J connectivity index is 1.38. The summed E-state index contributed by atoms with van der Waals surface area (Å²) in [5.74, 6) is 0.166. The second kappa shape index (κ2) is 8.15. The molecule has 4 nitrogen and oxygen atoms in total. The van der Waals surface area contributed by atoms with Crippen LogP contribution in [0.2, 0.25) is 0 Å². The molecule has 0 bridgehead atoms. The minimum atomic E-state index is -0.713. The largest absolute Gasteiger partial charge is 0.441 e. The molecule has 3 aromatic rings. The third-order valence-corrected chi connectivity index (χ3v) is 5.39. The van der Waals surface area contributed by atoms with Crippen LogP contribution in [0.25, 0.3) is 11.3 Å². The number of carbonyl (C=O) groups excluding carboxylic acids is 1. The van der Waals surface area contributed by atoms with E-state index < -0.39 is 11.6 Å². The van der Waals surface area contributed by atoms with Gasteiger partial charge in [0.25, 0.3) is 0 Å². The van der Waals surface area contributed by atoms with Crippen molar-refractivity contribution in [3.8, 4) is 11.3 Å². The number of carbonyl (C=O) groups is 1. The van der Waals surface area contributed by atoms with Gasteiger partial charge in [0.2, 0.25) is 5.91 Å². The van der Waals surface area contributed by atoms with Gasteiger partial charge in [0.05, 0.1) is 17.8 Å². The van der Waals surface area contributed by atoms with Gasteiger partial charge in [-0.3, -0.25) is 4.79 Å². The van der Waals surface area contributed by atoms with Crippen molar-refractivity contribution in [1.82, 2.24) is 10.3 Å². The van der Waals surface area contributed by atoms with E-state index in [2.05, 4.69) is 17.2 Å². The first-order valence-corrected chi connectivity index (χ1v) is 9.75. The molecule has 6 heteroatoms. The molecule has 0 radical (unpaired) electrons. The van der Waals surface area contributed by atoms with E-state index in [0.29, 0.717) is 24.1 Å². The van der Waals surface area contributed by atoms with Crippen LogP contribution in [0.5, 0.6) is 0 Å². The summed E-state index contributed by atoms with van der Waals surface area (Å²) < 4.78 is 32.5. The van der Waals surface area contributed by atoms with E-state index in [1.807, 2.05) is 30.3 Å². The molecule has 1 heterocycles. The number of halogens is 2. The molecule has 0 saturated heterocycles. The number of nitrogens with zero attached hydrogens (tertiary/aromatic N) is 1. The topological polar surface area (TPSA) is 55.1 Å². The van der Waals surface area contributed by atoms with Gasteiger partial charge in [-0.15, -0.1) is 0 Å². The van der Waals surface area contributed by atoms with Gasteiger partial charge in [0, 0.05) is 18.9 Å². The molecule has 1 aliphatic carbocycles. The third kappa shape index (κ3) is 4.53. The average Bonchev–Trinajstić information content (AvgIpc) is 3.24. The highest BCUT2D eigenvalue weighted by Crippen LogP contribution is 2.46. The molecule has 0 spiro atoms. The van der Waals surface area contributed by atoms with Crippen LogP contribution < -0.4 is 5.32 Å². The van der Waals surface area contributed by atoms with Crippen molar-refractivity contribution in [2.45, 2.75) is 32.2 Å². The van der Waals surface area contributed by atoms with Crippen molar-refractivity contribution in [1.29, 1.82) is 0 Å². The van der Waals surface area contributed by atoms with Crippen molar-refractivity contribution in [3.05, 3.63) is 77.8 Å². The van der Waals surface area contributed by atoms with Gasteiger partial charge in [-0.05, 0) is 36.0 Å². The summed E-state index contributed by atoms with van der Waals surface area (Å²) in [4.78, 5) is 16.6. The number of amides is 1. The summed E-state index contributed by atoms with van der Waals surface area (Å²) in [5.41, 5.74) is 1.25. The molecule has 2 aromatic carbocycles. The summed E-state index contributed by atoms with van der Waals surface area (Å²) in [5, 5.41) is 3.14. The maximum Gasteiger partial charge on any atom is 0.221 e. The Labute approximate surface area is 168 Å². The van der Waals surface area contributed by atoms with Gasteiger partial charge in [0.15, 0.2) is 11.7 Å². The second-order valence-electron chi connectivity index (χ2n) is 7.58. The van der Waals surface area contributed by atoms with Crippen LogP contribution in [0.15, 0.2) is 59.1 Å². The number of aryl methyl sites for hydroxylation is 1. The summed E-state index contributed by atoms with van der Waals surface area (Å²) >= 11 is 0. The Morgan fingerprint density at radius 3 is 2.69 bits per heavy atom. The Hall–Kier alpha value is -3.02. The molecule has 3 atom stereocenters. The van der Waals surface area contributed by atoms with Gasteiger partial charge < -0.3 is 9.73 Å². The van der Waals surface area contributed by atoms with Crippen LogP contribution in [0, 0.1) is 23.5 Å². The van der Waals surface area contributed by atoms with E-state index in [1.54, 1.807) is 0 Å². The average molecular weight is 396 g/mol. The molecule has 3 unspecified atom stereocenters. The van der Waals surface area contributed by atoms with Gasteiger partial charge in [-0.1, -0.05) is 37.3 Å². The zero-order valence-electron chi connectivity index (χ0n) is 16.1. The van der Waals surface area contributed by atoms with E-state index >= 15 is 0 Å². The van der Waals surface area contributed by atoms with Gasteiger partial charge in [-0.2, -0.15) is 0 Å². The lowest BCUT2D eigenvalue weighted by Gasteiger charge is -2.19. The van der Waals surface area contributed by atoms with E-state index in [4.69, 9.17) is 4.42 Å². The molecule has 1 N–H and O–H groups in total. The molecule has 1 aromatic heterocycles. The van der Waals surface area contributed by atoms with Crippen LogP contribution in [0.3, 0.4) is 0 Å². The van der Waals surface area contributed by atoms with Crippen molar-refractivity contribution >= 4 is 5.91 Å². The van der Waals surface area contributed by atoms with Crippen LogP contribution in [-0.4, -0.2) is 10.9 Å². The normalized spacial score (nSPS) is 19.0. The molecule has 1 saturated carbocycles. The van der Waals surface area contributed by atoms with Crippen LogP contribution in [-0.2, 0) is 11.2 Å². The van der Waals surface area contributed by atoms with Crippen molar-refractivity contribution in [2.24, 2.45) is 11.8 Å². The molecule has 150 valence electrons. The second-order valence-corrected chi connectivity index (χ2v) is 7.58. The lowest BCUT2D eigenvalue weighted by molar-refractivity contribution is -0.122. The summed E-state index contributed by atoms with van der Waals surface area (Å²) in [6.45, 7) is 2.19. The fourth-order valence-corrected chi connectivity index (χ4v) is 3.62. The summed E-state index contributed by atoms with van der Waals surface area (Å²) in [6, 6.07) is 13.3. The van der Waals surface area contributed by atoms with E-state index in [9.17, 15) is 13.6 Å². The van der Waals surface area contributed by atoms with Gasteiger partial charge in [0.1, 0.15) is 11.6 Å². The predicted octanol–water partition coefficient (Wildman–Crippen LogP) is 5.07. The van der Waals surface area contributed by atoms with Crippen molar-refractivity contribution in [3.63, 3.8) is 0 Å². The zero-order chi connectivity index (χ0) is 20.4. The van der Waals surface area contributed by atoms with Gasteiger partial charge >= 0.3 is 0 Å². The summed E-state index contributed by atoms with van der Waals surface area (Å²) in [7, 11) is 0. The lowest BCUT2D eigenvalue weighted by Crippen LogP contribution is -2.30. The van der Waals surface area contributed by atoms with Crippen molar-refractivity contribution in [2.75, 3.05) is 0 Å². The first-order chi connectivity index (χ1) is 14.0. The third-order valence-electron chi connectivity index (χ3n) is 5.39. The molecular formula is C23H22F2N2O2. The van der Waals surface area contributed by atoms with Crippen molar-refractivity contribution < 1.29 is 18.0 Å². The molecule has 4 rings (SSSR count). The number of rotatable bonds is 7. The Morgan fingerprint density at radius 2 is 2.00 bits per heavy atom. The first-order valence-electron chi connectivity index (χ1n) is 9.75. The highest BCUT2D eigenvalue weighted by molar-refractivity contribution is 5.76. The Bertz CT molecular complexity index is 1000. The number of aromatic nitrogens is 1. The number of hydrogen-bond acceptors (Lipinski definition) is 3. The smallest absolute Gasteiger partial charge is 0.221 e. The van der Waals surface area contributed by atoms with E-state index in [1.165, 1.54) is 12.3 Å². The molecule has 1 aliphatic rings. The Morgan fingerprint density at radius 1 is 1.24 bits per heavy atom. The fourth-order valence-electron chi connectivity index (χ4n) is 3.62. The number of nitrogens with one attached hydrogen (secondary N) is 1. The monoisotopic (exact) mass is 396 g/mol. The minimum absolute atomic E-state index is 0.00660. The predicted molar refractivity (Wildman–Crippen MR) is 105 cm³/mol. The number of oxazole rings is 1. The highest BCUT2D eigenvalue weighted by Gasteiger charge is 2.40. The highest BCUT2D eigenvalue weighted by atomic mass is 19.1. The lowest BCUT2D eigenvalue weighted by atomic mass is 10.0. The fraction of sp³-hybridized carbons (Fsp3) is 0.304. The maximum atomic E-state index is 13.9. The molecule has 1 amide bonds. The molecule has 29 heavy (non-hydrogen) atoms. The first kappa shape index (κ1) is 19.3. The van der Waals surface area contributed by atoms with Crippen LogP contribution in [0.4, 0.5) is 8.78 Å². The zero-order valence-corrected chi connectivity index (χ0v) is 16.1. The van der Waals surface area contributed by atoms with E-state index in [0.717, 1.165) is 24.1 Å². The van der Waals surface area contributed by atoms with Crippen LogP contribution >= 0.6 is 0 Å². The number of benzene rings is 2. The maximum absolute atomic E-state index is 13.9. The molecular weight excluding hydrogens is 374 g/mol. The summed E-state index contributed by atoms with van der Waals surface area (Å²) in [6.07, 6.45) is 3.01. The van der Waals surface area contributed by atoms with Gasteiger partial charge in [-0.25, -0.2) is 13.8 Å². The quantitative estimate of drug-likeness (QED) is 0.607. The standard InChI is InChI=1S/C23H22F2N2O2/c1-14-11-18(14)23(15-5-3-2-4-6-15)27-21(28)9-10-22-26-13-20(29-22)17-8-7-16(24)12-19(17)25/h2-8,12-14,18,23H,9-11H2,1H3,(H,27,28). The SMILES string of the molecule is CC1CC1C(NC(=O)CCc1ncc(-c2ccc(F)cc2F)o1)c1ccccc1. The number of hydrogen-bond donors (Lipinski definition) is 1. The van der Waals surface area contributed by atoms with Crippen LogP contribution in [0.1, 0.15) is 37.3 Å². The Kier molecular flexibility index (Phi) is 5.43. The minimum Gasteiger partial charge on any atom is -0.441 e. The van der Waals surface area contributed by atoms with E-state index in [-0.39, 0.29) is 29.7 Å².